The zero-order chi connectivity index (χ0) is 21.6. The molecule has 156 valence electrons. The molecule has 0 aliphatic carbocycles. The zero-order valence-corrected chi connectivity index (χ0v) is 17.1. The number of rotatable bonds is 8. The highest BCUT2D eigenvalue weighted by atomic mass is 32.2. The van der Waals surface area contributed by atoms with Crippen molar-refractivity contribution in [2.45, 2.75) is 11.3 Å². The predicted octanol–water partition coefficient (Wildman–Crippen LogP) is 3.61. The minimum atomic E-state index is -4.04. The van der Waals surface area contributed by atoms with E-state index in [9.17, 15) is 17.6 Å². The monoisotopic (exact) mass is 428 g/mol. The van der Waals surface area contributed by atoms with Crippen molar-refractivity contribution in [1.29, 1.82) is 0 Å². The van der Waals surface area contributed by atoms with Crippen LogP contribution in [0.25, 0.3) is 0 Å². The fraction of sp³-hybridized carbons (Fsp3) is 0.136. The van der Waals surface area contributed by atoms with Crippen LogP contribution in [0.5, 0.6) is 5.75 Å². The maximum atomic E-state index is 13.8. The molecule has 3 aromatic rings. The first-order chi connectivity index (χ1) is 14.4. The molecule has 0 radical (unpaired) electrons. The molecule has 0 heterocycles. The molecule has 0 aliphatic rings. The minimum absolute atomic E-state index is 0.131. The van der Waals surface area contributed by atoms with Gasteiger partial charge in [-0.3, -0.25) is 9.52 Å². The van der Waals surface area contributed by atoms with Crippen LogP contribution in [0, 0.1) is 5.82 Å². The van der Waals surface area contributed by atoms with Crippen molar-refractivity contribution in [2.75, 3.05) is 18.4 Å². The maximum absolute atomic E-state index is 13.8. The molecule has 6 nitrogen and oxygen atoms in total. The standard InChI is InChI=1S/C22H21FN2O4S/c1-29-18-11-9-16(10-12-18)13-14-24-22(26)17-5-4-6-19(15-17)30(27,28)25-21-8-3-2-7-20(21)23/h2-12,15,25H,13-14H2,1H3,(H,24,26). The van der Waals surface area contributed by atoms with Gasteiger partial charge in [0.15, 0.2) is 0 Å². The second-order valence-corrected chi connectivity index (χ2v) is 8.15. The largest absolute Gasteiger partial charge is 0.497 e. The lowest BCUT2D eigenvalue weighted by molar-refractivity contribution is 0.0954. The summed E-state index contributed by atoms with van der Waals surface area (Å²) >= 11 is 0. The average Bonchev–Trinajstić information content (AvgIpc) is 2.76. The van der Waals surface area contributed by atoms with Crippen molar-refractivity contribution >= 4 is 21.6 Å². The molecule has 30 heavy (non-hydrogen) atoms. The molecule has 0 bridgehead atoms. The first kappa shape index (κ1) is 21.3. The molecular formula is C22H21FN2O4S. The van der Waals surface area contributed by atoms with E-state index in [4.69, 9.17) is 4.74 Å². The van der Waals surface area contributed by atoms with Crippen LogP contribution in [-0.4, -0.2) is 28.0 Å². The van der Waals surface area contributed by atoms with E-state index >= 15 is 0 Å². The van der Waals surface area contributed by atoms with Gasteiger partial charge in [-0.25, -0.2) is 12.8 Å². The van der Waals surface area contributed by atoms with Gasteiger partial charge in [-0.2, -0.15) is 0 Å². The van der Waals surface area contributed by atoms with E-state index in [0.29, 0.717) is 13.0 Å². The van der Waals surface area contributed by atoms with E-state index < -0.39 is 21.7 Å². The fourth-order valence-electron chi connectivity index (χ4n) is 2.77. The van der Waals surface area contributed by atoms with Gasteiger partial charge in [0.25, 0.3) is 15.9 Å². The van der Waals surface area contributed by atoms with Crippen molar-refractivity contribution in [1.82, 2.24) is 5.32 Å². The van der Waals surface area contributed by atoms with Gasteiger partial charge in [0.1, 0.15) is 11.6 Å². The second kappa shape index (κ2) is 9.41. The summed E-state index contributed by atoms with van der Waals surface area (Å²) in [6.45, 7) is 0.385. The number of carbonyl (C=O) groups is 1. The van der Waals surface area contributed by atoms with Crippen molar-refractivity contribution in [3.63, 3.8) is 0 Å². The summed E-state index contributed by atoms with van der Waals surface area (Å²) in [5.41, 5.74) is 1.06. The molecule has 8 heteroatoms. The summed E-state index contributed by atoms with van der Waals surface area (Å²) < 4.78 is 46.2. The van der Waals surface area contributed by atoms with Crippen LogP contribution in [-0.2, 0) is 16.4 Å². The zero-order valence-electron chi connectivity index (χ0n) is 16.3. The van der Waals surface area contributed by atoms with E-state index in [2.05, 4.69) is 10.0 Å². The number of sulfonamides is 1. The van der Waals surface area contributed by atoms with E-state index in [1.54, 1.807) is 7.11 Å². The van der Waals surface area contributed by atoms with Gasteiger partial charge in [-0.1, -0.05) is 30.3 Å². The Kier molecular flexibility index (Phi) is 6.68. The number of anilines is 1. The van der Waals surface area contributed by atoms with Crippen molar-refractivity contribution < 1.29 is 22.3 Å². The smallest absolute Gasteiger partial charge is 0.262 e. The van der Waals surface area contributed by atoms with Gasteiger partial charge in [0.05, 0.1) is 17.7 Å². The van der Waals surface area contributed by atoms with Crippen LogP contribution in [0.1, 0.15) is 15.9 Å². The fourth-order valence-corrected chi connectivity index (χ4v) is 3.88. The second-order valence-electron chi connectivity index (χ2n) is 6.47. The summed E-state index contributed by atoms with van der Waals surface area (Å²) in [6, 6.07) is 18.5. The lowest BCUT2D eigenvalue weighted by Crippen LogP contribution is -2.26. The number of para-hydroxylation sites is 1. The predicted molar refractivity (Wildman–Crippen MR) is 113 cm³/mol. The molecule has 0 aliphatic heterocycles. The summed E-state index contributed by atoms with van der Waals surface area (Å²) in [6.07, 6.45) is 0.614. The molecule has 0 atom stereocenters. The van der Waals surface area contributed by atoms with Crippen LogP contribution in [0.2, 0.25) is 0 Å². The number of halogens is 1. The Morgan fingerprint density at radius 2 is 1.73 bits per heavy atom. The van der Waals surface area contributed by atoms with Crippen LogP contribution in [0.3, 0.4) is 0 Å². The van der Waals surface area contributed by atoms with Crippen molar-refractivity contribution in [3.05, 3.63) is 89.7 Å². The van der Waals surface area contributed by atoms with Crippen molar-refractivity contribution in [2.24, 2.45) is 0 Å². The molecule has 0 unspecified atom stereocenters. The topological polar surface area (TPSA) is 84.5 Å². The summed E-state index contributed by atoms with van der Waals surface area (Å²) in [7, 11) is -2.45. The first-order valence-corrected chi connectivity index (χ1v) is 10.7. The normalized spacial score (nSPS) is 11.0. The molecule has 0 saturated carbocycles. The minimum Gasteiger partial charge on any atom is -0.497 e. The first-order valence-electron chi connectivity index (χ1n) is 9.17. The summed E-state index contributed by atoms with van der Waals surface area (Å²) in [5.74, 6) is -0.329. The van der Waals surface area contributed by atoms with E-state index in [1.807, 2.05) is 24.3 Å². The molecular weight excluding hydrogens is 407 g/mol. The number of benzene rings is 3. The Hall–Kier alpha value is -3.39. The van der Waals surface area contributed by atoms with Crippen LogP contribution < -0.4 is 14.8 Å². The summed E-state index contributed by atoms with van der Waals surface area (Å²) in [5, 5.41) is 2.77. The molecule has 0 fully saturated rings. The van der Waals surface area contributed by atoms with E-state index in [-0.39, 0.29) is 16.1 Å². The number of nitrogens with one attached hydrogen (secondary N) is 2. The highest BCUT2D eigenvalue weighted by molar-refractivity contribution is 7.92. The van der Waals surface area contributed by atoms with Gasteiger partial charge in [0.2, 0.25) is 0 Å². The highest BCUT2D eigenvalue weighted by Crippen LogP contribution is 2.19. The Labute approximate surface area is 174 Å². The van der Waals surface area contributed by atoms with E-state index in [1.165, 1.54) is 42.5 Å². The molecule has 0 saturated heterocycles. The number of ether oxygens (including phenoxy) is 1. The molecule has 3 rings (SSSR count). The lowest BCUT2D eigenvalue weighted by Gasteiger charge is -2.10. The Balaban J connectivity index is 1.65. The van der Waals surface area contributed by atoms with Crippen molar-refractivity contribution in [3.8, 4) is 5.75 Å². The van der Waals surface area contributed by atoms with Crippen LogP contribution >= 0.6 is 0 Å². The lowest BCUT2D eigenvalue weighted by atomic mass is 10.1. The third-order valence-corrected chi connectivity index (χ3v) is 5.75. The van der Waals surface area contributed by atoms with Gasteiger partial charge >= 0.3 is 0 Å². The van der Waals surface area contributed by atoms with Crippen LogP contribution in [0.15, 0.2) is 77.7 Å². The Morgan fingerprint density at radius 1 is 1.00 bits per heavy atom. The molecule has 0 spiro atoms. The third-order valence-electron chi connectivity index (χ3n) is 4.38. The van der Waals surface area contributed by atoms with Crippen LogP contribution in [0.4, 0.5) is 10.1 Å². The molecule has 3 aromatic carbocycles. The third kappa shape index (κ3) is 5.36. The number of hydrogen-bond acceptors (Lipinski definition) is 4. The highest BCUT2D eigenvalue weighted by Gasteiger charge is 2.18. The number of carbonyl (C=O) groups excluding carboxylic acids is 1. The number of hydrogen-bond donors (Lipinski definition) is 2. The Bertz CT molecular complexity index is 1130. The number of methoxy groups -OCH3 is 1. The SMILES string of the molecule is COc1ccc(CCNC(=O)c2cccc(S(=O)(=O)Nc3ccccc3F)c2)cc1. The average molecular weight is 428 g/mol. The molecule has 2 N–H and O–H groups in total. The molecule has 0 aromatic heterocycles. The quantitative estimate of drug-likeness (QED) is 0.574. The number of amides is 1. The Morgan fingerprint density at radius 3 is 2.43 bits per heavy atom. The van der Waals surface area contributed by atoms with E-state index in [0.717, 1.165) is 17.4 Å². The van der Waals surface area contributed by atoms with Gasteiger partial charge in [-0.05, 0) is 54.4 Å². The van der Waals surface area contributed by atoms with Gasteiger partial charge in [-0.15, -0.1) is 0 Å². The van der Waals surface area contributed by atoms with Gasteiger partial charge in [0, 0.05) is 12.1 Å². The molecule has 1 amide bonds. The summed E-state index contributed by atoms with van der Waals surface area (Å²) in [4.78, 5) is 12.3. The maximum Gasteiger partial charge on any atom is 0.262 e. The van der Waals surface area contributed by atoms with Gasteiger partial charge < -0.3 is 10.1 Å².